The lowest BCUT2D eigenvalue weighted by molar-refractivity contribution is 0.318. The fourth-order valence-corrected chi connectivity index (χ4v) is 2.45. The van der Waals surface area contributed by atoms with Gasteiger partial charge in [-0.05, 0) is 25.6 Å². The number of aryl methyl sites for hydroxylation is 1. The van der Waals surface area contributed by atoms with Gasteiger partial charge in [-0.3, -0.25) is 4.90 Å². The third-order valence-corrected chi connectivity index (χ3v) is 3.43. The molecule has 0 aliphatic rings. The maximum Gasteiger partial charge on any atom is 0.130 e. The Hall–Kier alpha value is -1.09. The van der Waals surface area contributed by atoms with Crippen molar-refractivity contribution in [3.8, 4) is 0 Å². The van der Waals surface area contributed by atoms with Crippen LogP contribution in [0.5, 0.6) is 0 Å². The third-order valence-electron chi connectivity index (χ3n) is 2.87. The molecule has 0 radical (unpaired) electrons. The minimum atomic E-state index is 0.426. The van der Waals surface area contributed by atoms with Crippen molar-refractivity contribution in [2.24, 2.45) is 0 Å². The van der Waals surface area contributed by atoms with Gasteiger partial charge < -0.3 is 0 Å². The number of nitrogens with zero attached hydrogens (tertiary/aromatic N) is 2. The second-order valence-electron chi connectivity index (χ2n) is 4.76. The molecular formula is C15H16Cl2N2. The zero-order valence-corrected chi connectivity index (χ0v) is 12.5. The highest BCUT2D eigenvalue weighted by Crippen LogP contribution is 2.20. The van der Waals surface area contributed by atoms with E-state index in [0.717, 1.165) is 18.7 Å². The van der Waals surface area contributed by atoms with E-state index < -0.39 is 0 Å². The van der Waals surface area contributed by atoms with E-state index in [0.29, 0.717) is 10.2 Å². The summed E-state index contributed by atoms with van der Waals surface area (Å²) in [5, 5.41) is 1.09. The smallest absolute Gasteiger partial charge is 0.130 e. The van der Waals surface area contributed by atoms with Crippen LogP contribution < -0.4 is 0 Å². The Balaban J connectivity index is 2.03. The molecule has 1 aromatic heterocycles. The van der Waals surface area contributed by atoms with E-state index in [4.69, 9.17) is 23.2 Å². The molecule has 19 heavy (non-hydrogen) atoms. The molecule has 100 valence electrons. The lowest BCUT2D eigenvalue weighted by Crippen LogP contribution is -2.17. The Bertz CT molecular complexity index is 570. The van der Waals surface area contributed by atoms with Crippen LogP contribution in [0.2, 0.25) is 10.2 Å². The molecule has 2 rings (SSSR count). The Morgan fingerprint density at radius 2 is 1.95 bits per heavy atom. The summed E-state index contributed by atoms with van der Waals surface area (Å²) in [7, 11) is 2.06. The van der Waals surface area contributed by atoms with E-state index in [1.54, 1.807) is 12.3 Å². The molecule has 0 fully saturated rings. The van der Waals surface area contributed by atoms with Gasteiger partial charge in [-0.15, -0.1) is 0 Å². The Morgan fingerprint density at radius 1 is 1.16 bits per heavy atom. The van der Waals surface area contributed by atoms with E-state index in [1.807, 2.05) is 0 Å². The fourth-order valence-electron chi connectivity index (χ4n) is 2.02. The van der Waals surface area contributed by atoms with E-state index in [9.17, 15) is 0 Å². The van der Waals surface area contributed by atoms with Crippen molar-refractivity contribution in [1.82, 2.24) is 9.88 Å². The second kappa shape index (κ2) is 6.38. The van der Waals surface area contributed by atoms with Gasteiger partial charge in [0, 0.05) is 29.9 Å². The van der Waals surface area contributed by atoms with Gasteiger partial charge in [-0.25, -0.2) is 4.98 Å². The van der Waals surface area contributed by atoms with Crippen LogP contribution in [0.4, 0.5) is 0 Å². The minimum absolute atomic E-state index is 0.426. The SMILES string of the molecule is Cc1cccc(CN(C)Cc2cnc(Cl)cc2Cl)c1. The molecule has 1 heterocycles. The zero-order valence-electron chi connectivity index (χ0n) is 11.0. The molecule has 0 unspecified atom stereocenters. The van der Waals surface area contributed by atoms with Crippen LogP contribution in [0, 0.1) is 6.92 Å². The molecule has 0 spiro atoms. The van der Waals surface area contributed by atoms with Crippen molar-refractivity contribution in [2.45, 2.75) is 20.0 Å². The van der Waals surface area contributed by atoms with Crippen molar-refractivity contribution >= 4 is 23.2 Å². The highest BCUT2D eigenvalue weighted by atomic mass is 35.5. The van der Waals surface area contributed by atoms with Crippen LogP contribution in [-0.2, 0) is 13.1 Å². The molecular weight excluding hydrogens is 279 g/mol. The van der Waals surface area contributed by atoms with Crippen molar-refractivity contribution in [3.63, 3.8) is 0 Å². The molecule has 0 atom stereocenters. The van der Waals surface area contributed by atoms with E-state index in [1.165, 1.54) is 11.1 Å². The van der Waals surface area contributed by atoms with Gasteiger partial charge in [-0.1, -0.05) is 53.0 Å². The molecule has 2 aromatic rings. The first-order valence-electron chi connectivity index (χ1n) is 6.08. The monoisotopic (exact) mass is 294 g/mol. The molecule has 4 heteroatoms. The average molecular weight is 295 g/mol. The second-order valence-corrected chi connectivity index (χ2v) is 5.55. The number of hydrogen-bond acceptors (Lipinski definition) is 2. The molecule has 2 nitrogen and oxygen atoms in total. The Labute approximate surface area is 124 Å². The topological polar surface area (TPSA) is 16.1 Å². The number of hydrogen-bond donors (Lipinski definition) is 0. The number of halogens is 2. The van der Waals surface area contributed by atoms with Crippen LogP contribution in [0.1, 0.15) is 16.7 Å². The van der Waals surface area contributed by atoms with Crippen LogP contribution in [-0.4, -0.2) is 16.9 Å². The number of pyridine rings is 1. The summed E-state index contributed by atoms with van der Waals surface area (Å²) < 4.78 is 0. The summed E-state index contributed by atoms with van der Waals surface area (Å²) in [6.45, 7) is 3.72. The molecule has 0 saturated carbocycles. The van der Waals surface area contributed by atoms with Crippen molar-refractivity contribution in [1.29, 1.82) is 0 Å². The normalized spacial score (nSPS) is 11.0. The predicted molar refractivity (Wildman–Crippen MR) is 80.6 cm³/mol. The Kier molecular flexibility index (Phi) is 4.81. The summed E-state index contributed by atoms with van der Waals surface area (Å²) in [6, 6.07) is 10.2. The largest absolute Gasteiger partial charge is 0.298 e. The molecule has 0 aliphatic heterocycles. The van der Waals surface area contributed by atoms with E-state index >= 15 is 0 Å². The summed E-state index contributed by atoms with van der Waals surface area (Å²) >= 11 is 11.9. The summed E-state index contributed by atoms with van der Waals surface area (Å²) in [5.41, 5.74) is 3.55. The van der Waals surface area contributed by atoms with Gasteiger partial charge in [0.15, 0.2) is 0 Å². The van der Waals surface area contributed by atoms with Gasteiger partial charge in [0.2, 0.25) is 0 Å². The summed E-state index contributed by atoms with van der Waals surface area (Å²) in [6.07, 6.45) is 1.73. The predicted octanol–water partition coefficient (Wildman–Crippen LogP) is 4.33. The van der Waals surface area contributed by atoms with Crippen LogP contribution in [0.25, 0.3) is 0 Å². The molecule has 0 saturated heterocycles. The number of benzene rings is 1. The number of rotatable bonds is 4. The van der Waals surface area contributed by atoms with Gasteiger partial charge in [0.05, 0.1) is 0 Å². The highest BCUT2D eigenvalue weighted by molar-refractivity contribution is 6.34. The van der Waals surface area contributed by atoms with Crippen LogP contribution in [0.15, 0.2) is 36.5 Å². The Morgan fingerprint density at radius 3 is 2.63 bits per heavy atom. The zero-order chi connectivity index (χ0) is 13.8. The van der Waals surface area contributed by atoms with Crippen LogP contribution >= 0.6 is 23.2 Å². The van der Waals surface area contributed by atoms with E-state index in [2.05, 4.69) is 48.1 Å². The van der Waals surface area contributed by atoms with E-state index in [-0.39, 0.29) is 0 Å². The van der Waals surface area contributed by atoms with Crippen LogP contribution in [0.3, 0.4) is 0 Å². The van der Waals surface area contributed by atoms with Crippen molar-refractivity contribution < 1.29 is 0 Å². The molecule has 0 amide bonds. The summed E-state index contributed by atoms with van der Waals surface area (Å²) in [5.74, 6) is 0. The minimum Gasteiger partial charge on any atom is -0.298 e. The van der Waals surface area contributed by atoms with Gasteiger partial charge in [0.25, 0.3) is 0 Å². The highest BCUT2D eigenvalue weighted by Gasteiger charge is 2.06. The van der Waals surface area contributed by atoms with Gasteiger partial charge >= 0.3 is 0 Å². The quantitative estimate of drug-likeness (QED) is 0.780. The molecule has 0 bridgehead atoms. The molecule has 1 aromatic carbocycles. The average Bonchev–Trinajstić information content (AvgIpc) is 2.33. The third kappa shape index (κ3) is 4.20. The fraction of sp³-hybridized carbons (Fsp3) is 0.267. The van der Waals surface area contributed by atoms with Gasteiger partial charge in [0.1, 0.15) is 5.15 Å². The maximum atomic E-state index is 6.15. The number of aromatic nitrogens is 1. The lowest BCUT2D eigenvalue weighted by atomic mass is 10.1. The maximum absolute atomic E-state index is 6.15. The van der Waals surface area contributed by atoms with Crippen molar-refractivity contribution in [2.75, 3.05) is 7.05 Å². The molecule has 0 N–H and O–H groups in total. The van der Waals surface area contributed by atoms with Crippen molar-refractivity contribution in [3.05, 3.63) is 63.4 Å². The first-order chi connectivity index (χ1) is 9.04. The first kappa shape index (κ1) is 14.3. The molecule has 0 aliphatic carbocycles. The first-order valence-corrected chi connectivity index (χ1v) is 6.84. The van der Waals surface area contributed by atoms with Gasteiger partial charge in [-0.2, -0.15) is 0 Å². The lowest BCUT2D eigenvalue weighted by Gasteiger charge is -2.17. The summed E-state index contributed by atoms with van der Waals surface area (Å²) in [4.78, 5) is 6.27. The standard InChI is InChI=1S/C15H16Cl2N2/c1-11-4-3-5-12(6-11)9-19(2)10-13-8-18-15(17)7-14(13)16/h3-8H,9-10H2,1-2H3.